The van der Waals surface area contributed by atoms with E-state index in [2.05, 4.69) is 18.9 Å². The van der Waals surface area contributed by atoms with Crippen molar-refractivity contribution < 1.29 is 4.48 Å². The number of hydrogen-bond donors (Lipinski definition) is 0. The fourth-order valence-corrected chi connectivity index (χ4v) is 2.91. The molecule has 0 aromatic rings. The minimum absolute atomic E-state index is 0.945. The van der Waals surface area contributed by atoms with E-state index >= 15 is 0 Å². The Hall–Kier alpha value is -0.0800. The van der Waals surface area contributed by atoms with Crippen molar-refractivity contribution in [3.63, 3.8) is 0 Å². The van der Waals surface area contributed by atoms with Gasteiger partial charge in [-0.2, -0.15) is 0 Å². The summed E-state index contributed by atoms with van der Waals surface area (Å²) in [6, 6.07) is 0.945. The SMILES string of the molecule is CC[N+]1(C)CCN(C2CCCC2)CC1. The van der Waals surface area contributed by atoms with Crippen LogP contribution in [0, 0.1) is 0 Å². The molecular formula is C12H25N2+. The number of hydrogen-bond acceptors (Lipinski definition) is 1. The summed E-state index contributed by atoms with van der Waals surface area (Å²) in [6.07, 6.45) is 5.88. The monoisotopic (exact) mass is 197 g/mol. The van der Waals surface area contributed by atoms with Crippen molar-refractivity contribution in [1.82, 2.24) is 4.90 Å². The summed E-state index contributed by atoms with van der Waals surface area (Å²) >= 11 is 0. The first kappa shape index (κ1) is 10.4. The van der Waals surface area contributed by atoms with Crippen LogP contribution in [0.25, 0.3) is 0 Å². The topological polar surface area (TPSA) is 3.24 Å². The normalized spacial score (nSPS) is 29.6. The van der Waals surface area contributed by atoms with Crippen LogP contribution in [0.2, 0.25) is 0 Å². The minimum atomic E-state index is 0.945. The van der Waals surface area contributed by atoms with Crippen LogP contribution in [0.4, 0.5) is 0 Å². The Morgan fingerprint density at radius 1 is 1.14 bits per heavy atom. The van der Waals surface area contributed by atoms with Gasteiger partial charge in [0.05, 0.1) is 26.7 Å². The first-order valence-electron chi connectivity index (χ1n) is 6.31. The molecule has 14 heavy (non-hydrogen) atoms. The molecule has 0 radical (unpaired) electrons. The lowest BCUT2D eigenvalue weighted by molar-refractivity contribution is -0.912. The molecule has 0 unspecified atom stereocenters. The highest BCUT2D eigenvalue weighted by Crippen LogP contribution is 2.25. The number of nitrogens with zero attached hydrogens (tertiary/aromatic N) is 2. The summed E-state index contributed by atoms with van der Waals surface area (Å²) in [5.41, 5.74) is 0. The smallest absolute Gasteiger partial charge is 0.0914 e. The third-order valence-electron chi connectivity index (χ3n) is 4.46. The molecule has 0 N–H and O–H groups in total. The first-order chi connectivity index (χ1) is 6.73. The van der Waals surface area contributed by atoms with Gasteiger partial charge < -0.3 is 4.48 Å². The second-order valence-corrected chi connectivity index (χ2v) is 5.36. The van der Waals surface area contributed by atoms with Crippen molar-refractivity contribution in [1.29, 1.82) is 0 Å². The second kappa shape index (κ2) is 4.19. The van der Waals surface area contributed by atoms with Crippen LogP contribution in [0.5, 0.6) is 0 Å². The van der Waals surface area contributed by atoms with E-state index < -0.39 is 0 Å². The molecular weight excluding hydrogens is 172 g/mol. The van der Waals surface area contributed by atoms with Crippen molar-refractivity contribution in [3.8, 4) is 0 Å². The predicted octanol–water partition coefficient (Wildman–Crippen LogP) is 1.71. The lowest BCUT2D eigenvalue weighted by Gasteiger charge is -2.43. The average Bonchev–Trinajstić information content (AvgIpc) is 2.72. The van der Waals surface area contributed by atoms with E-state index in [1.54, 1.807) is 0 Å². The average molecular weight is 197 g/mol. The van der Waals surface area contributed by atoms with Crippen molar-refractivity contribution in [3.05, 3.63) is 0 Å². The molecule has 1 aliphatic heterocycles. The first-order valence-corrected chi connectivity index (χ1v) is 6.31. The summed E-state index contributed by atoms with van der Waals surface area (Å²) in [5, 5.41) is 0. The number of quaternary nitrogens is 1. The van der Waals surface area contributed by atoms with Crippen LogP contribution in [-0.2, 0) is 0 Å². The summed E-state index contributed by atoms with van der Waals surface area (Å²) in [5.74, 6) is 0. The molecule has 2 fully saturated rings. The molecule has 1 saturated heterocycles. The van der Waals surface area contributed by atoms with Gasteiger partial charge in [0, 0.05) is 19.1 Å². The van der Waals surface area contributed by atoms with Crippen LogP contribution >= 0.6 is 0 Å². The minimum Gasteiger partial charge on any atom is -0.324 e. The molecule has 2 nitrogen and oxygen atoms in total. The van der Waals surface area contributed by atoms with Crippen LogP contribution in [0.1, 0.15) is 32.6 Å². The number of likely N-dealkylation sites (N-methyl/N-ethyl adjacent to an activating group) is 1. The fourth-order valence-electron chi connectivity index (χ4n) is 2.91. The molecule has 0 spiro atoms. The molecule has 0 amide bonds. The van der Waals surface area contributed by atoms with E-state index in [9.17, 15) is 0 Å². The zero-order chi connectivity index (χ0) is 10.0. The highest BCUT2D eigenvalue weighted by molar-refractivity contribution is 4.78. The molecule has 0 atom stereocenters. The summed E-state index contributed by atoms with van der Waals surface area (Å²) < 4.78 is 1.29. The van der Waals surface area contributed by atoms with Crippen molar-refractivity contribution in [2.45, 2.75) is 38.6 Å². The van der Waals surface area contributed by atoms with E-state index in [4.69, 9.17) is 0 Å². The molecule has 82 valence electrons. The Morgan fingerprint density at radius 2 is 1.71 bits per heavy atom. The molecule has 1 saturated carbocycles. The molecule has 2 heteroatoms. The fraction of sp³-hybridized carbons (Fsp3) is 1.00. The van der Waals surface area contributed by atoms with E-state index in [0.717, 1.165) is 6.04 Å². The quantitative estimate of drug-likeness (QED) is 0.609. The van der Waals surface area contributed by atoms with Gasteiger partial charge in [-0.15, -0.1) is 0 Å². The lowest BCUT2D eigenvalue weighted by atomic mass is 10.1. The van der Waals surface area contributed by atoms with Crippen molar-refractivity contribution in [2.75, 3.05) is 39.8 Å². The Balaban J connectivity index is 1.83. The maximum absolute atomic E-state index is 2.75. The van der Waals surface area contributed by atoms with Gasteiger partial charge in [0.25, 0.3) is 0 Å². The van der Waals surface area contributed by atoms with Crippen LogP contribution in [0.3, 0.4) is 0 Å². The summed E-state index contributed by atoms with van der Waals surface area (Å²) in [4.78, 5) is 2.75. The molecule has 2 aliphatic rings. The van der Waals surface area contributed by atoms with Gasteiger partial charge in [-0.3, -0.25) is 4.90 Å². The molecule has 0 aromatic carbocycles. The molecule has 2 rings (SSSR count). The van der Waals surface area contributed by atoms with Crippen LogP contribution in [0.15, 0.2) is 0 Å². The zero-order valence-corrected chi connectivity index (χ0v) is 9.84. The van der Waals surface area contributed by atoms with E-state index in [-0.39, 0.29) is 0 Å². The molecule has 0 bridgehead atoms. The highest BCUT2D eigenvalue weighted by atomic mass is 15.4. The Labute approximate surface area is 88.5 Å². The second-order valence-electron chi connectivity index (χ2n) is 5.36. The van der Waals surface area contributed by atoms with Crippen molar-refractivity contribution >= 4 is 0 Å². The number of piperazine rings is 1. The third-order valence-corrected chi connectivity index (χ3v) is 4.46. The zero-order valence-electron chi connectivity index (χ0n) is 9.84. The van der Waals surface area contributed by atoms with Gasteiger partial charge >= 0.3 is 0 Å². The molecule has 0 aromatic heterocycles. The Bertz CT molecular complexity index is 177. The van der Waals surface area contributed by atoms with Gasteiger partial charge in [-0.05, 0) is 19.8 Å². The van der Waals surface area contributed by atoms with Gasteiger partial charge in [-0.25, -0.2) is 0 Å². The largest absolute Gasteiger partial charge is 0.324 e. The van der Waals surface area contributed by atoms with Crippen LogP contribution < -0.4 is 0 Å². The van der Waals surface area contributed by atoms with Gasteiger partial charge in [0.1, 0.15) is 0 Å². The van der Waals surface area contributed by atoms with Crippen LogP contribution in [-0.4, -0.2) is 55.2 Å². The molecule has 1 aliphatic carbocycles. The van der Waals surface area contributed by atoms with Crippen molar-refractivity contribution in [2.24, 2.45) is 0 Å². The standard InChI is InChI=1S/C12H25N2/c1-3-14(2)10-8-13(9-11-14)12-6-4-5-7-12/h12H,3-11H2,1-2H3/q+1. The maximum Gasteiger partial charge on any atom is 0.0914 e. The summed E-state index contributed by atoms with van der Waals surface area (Å²) in [6.45, 7) is 9.05. The third kappa shape index (κ3) is 2.12. The van der Waals surface area contributed by atoms with E-state index in [1.807, 2.05) is 0 Å². The van der Waals surface area contributed by atoms with Gasteiger partial charge in [-0.1, -0.05) is 12.8 Å². The molecule has 1 heterocycles. The predicted molar refractivity (Wildman–Crippen MR) is 60.3 cm³/mol. The van der Waals surface area contributed by atoms with E-state index in [1.165, 1.54) is 62.9 Å². The maximum atomic E-state index is 2.75. The highest BCUT2D eigenvalue weighted by Gasteiger charge is 2.31. The van der Waals surface area contributed by atoms with Gasteiger partial charge in [0.15, 0.2) is 0 Å². The lowest BCUT2D eigenvalue weighted by Crippen LogP contribution is -2.58. The van der Waals surface area contributed by atoms with E-state index in [0.29, 0.717) is 0 Å². The number of rotatable bonds is 2. The van der Waals surface area contributed by atoms with Gasteiger partial charge in [0.2, 0.25) is 0 Å². The Morgan fingerprint density at radius 3 is 2.21 bits per heavy atom. The summed E-state index contributed by atoms with van der Waals surface area (Å²) in [7, 11) is 2.41. The Kier molecular flexibility index (Phi) is 3.13.